The second-order valence-electron chi connectivity index (χ2n) is 4.42. The van der Waals surface area contributed by atoms with Gasteiger partial charge in [0.2, 0.25) is 11.0 Å². The van der Waals surface area contributed by atoms with Crippen LogP contribution in [0.1, 0.15) is 29.5 Å². The van der Waals surface area contributed by atoms with Crippen LogP contribution >= 0.6 is 11.3 Å². The summed E-state index contributed by atoms with van der Waals surface area (Å²) in [5, 5.41) is 11.9. The highest BCUT2D eigenvalue weighted by molar-refractivity contribution is 7.15. The molecule has 0 fully saturated rings. The van der Waals surface area contributed by atoms with Gasteiger partial charge in [0.1, 0.15) is 5.01 Å². The van der Waals surface area contributed by atoms with Crippen LogP contribution in [0, 0.1) is 6.92 Å². The Morgan fingerprint density at radius 1 is 1.21 bits per heavy atom. The molecule has 0 radical (unpaired) electrons. The lowest BCUT2D eigenvalue weighted by atomic mass is 10.1. The molecule has 0 saturated carbocycles. The van der Waals surface area contributed by atoms with Gasteiger partial charge in [0.15, 0.2) is 0 Å². The van der Waals surface area contributed by atoms with E-state index in [1.54, 1.807) is 0 Å². The van der Waals surface area contributed by atoms with Crippen molar-refractivity contribution in [3.05, 3.63) is 40.4 Å². The van der Waals surface area contributed by atoms with Crippen molar-refractivity contribution < 1.29 is 4.79 Å². The highest BCUT2D eigenvalue weighted by atomic mass is 32.1. The number of carbonyl (C=O) groups excluding carboxylic acids is 1. The van der Waals surface area contributed by atoms with E-state index >= 15 is 0 Å². The summed E-state index contributed by atoms with van der Waals surface area (Å²) < 4.78 is 0. The summed E-state index contributed by atoms with van der Waals surface area (Å²) in [4.78, 5) is 11.8. The van der Waals surface area contributed by atoms with Crippen molar-refractivity contribution in [2.75, 3.05) is 5.32 Å². The molecule has 0 aliphatic heterocycles. The maximum Gasteiger partial charge on any atom is 0.230 e. The predicted octanol–water partition coefficient (Wildman–Crippen LogP) is 2.98. The van der Waals surface area contributed by atoms with Gasteiger partial charge in [-0.2, -0.15) is 0 Å². The third-order valence-electron chi connectivity index (χ3n) is 2.70. The lowest BCUT2D eigenvalue weighted by Crippen LogP contribution is -2.14. The standard InChI is InChI=1S/C14H17N3OS/c1-3-4-11-5-7-12(8-6-11)9-13(18)15-14-17-16-10(2)19-14/h5-8H,3-4,9H2,1-2H3,(H,15,17,18). The molecule has 19 heavy (non-hydrogen) atoms. The lowest BCUT2D eigenvalue weighted by molar-refractivity contribution is -0.115. The van der Waals surface area contributed by atoms with E-state index in [-0.39, 0.29) is 5.91 Å². The Labute approximate surface area is 116 Å². The van der Waals surface area contributed by atoms with Gasteiger partial charge in [0.05, 0.1) is 6.42 Å². The highest BCUT2D eigenvalue weighted by Gasteiger charge is 2.07. The third-order valence-corrected chi connectivity index (χ3v) is 3.45. The Morgan fingerprint density at radius 2 is 1.89 bits per heavy atom. The van der Waals surface area contributed by atoms with E-state index < -0.39 is 0 Å². The first-order valence-corrected chi connectivity index (χ1v) is 7.17. The number of aromatic nitrogens is 2. The molecule has 100 valence electrons. The summed E-state index contributed by atoms with van der Waals surface area (Å²) in [6, 6.07) is 8.19. The first kappa shape index (κ1) is 13.7. The van der Waals surface area contributed by atoms with Crippen molar-refractivity contribution in [1.29, 1.82) is 0 Å². The molecule has 0 saturated heterocycles. The lowest BCUT2D eigenvalue weighted by Gasteiger charge is -2.03. The van der Waals surface area contributed by atoms with Crippen molar-refractivity contribution in [2.45, 2.75) is 33.1 Å². The van der Waals surface area contributed by atoms with E-state index in [2.05, 4.69) is 34.6 Å². The third kappa shape index (κ3) is 4.13. The van der Waals surface area contributed by atoms with Crippen LogP contribution in [-0.2, 0) is 17.6 Å². The maximum atomic E-state index is 11.8. The van der Waals surface area contributed by atoms with Crippen molar-refractivity contribution in [3.8, 4) is 0 Å². The second-order valence-corrected chi connectivity index (χ2v) is 5.60. The minimum absolute atomic E-state index is 0.0561. The van der Waals surface area contributed by atoms with Crippen molar-refractivity contribution in [3.63, 3.8) is 0 Å². The molecule has 1 aromatic carbocycles. The first-order chi connectivity index (χ1) is 9.17. The number of nitrogens with one attached hydrogen (secondary N) is 1. The Bertz CT molecular complexity index is 548. The first-order valence-electron chi connectivity index (χ1n) is 6.35. The second kappa shape index (κ2) is 6.43. The topological polar surface area (TPSA) is 54.9 Å². The van der Waals surface area contributed by atoms with Gasteiger partial charge in [0.25, 0.3) is 0 Å². The zero-order valence-corrected chi connectivity index (χ0v) is 12.0. The molecule has 1 amide bonds. The molecule has 0 aliphatic rings. The number of anilines is 1. The number of aryl methyl sites for hydroxylation is 2. The van der Waals surface area contributed by atoms with Gasteiger partial charge in [-0.1, -0.05) is 48.9 Å². The number of amides is 1. The average Bonchev–Trinajstić information content (AvgIpc) is 2.77. The molecular formula is C14H17N3OS. The number of hydrogen-bond acceptors (Lipinski definition) is 4. The molecule has 0 unspecified atom stereocenters. The number of hydrogen-bond donors (Lipinski definition) is 1. The van der Waals surface area contributed by atoms with Crippen LogP contribution < -0.4 is 5.32 Å². The molecule has 1 N–H and O–H groups in total. The van der Waals surface area contributed by atoms with Gasteiger partial charge in [-0.15, -0.1) is 10.2 Å². The van der Waals surface area contributed by atoms with E-state index in [4.69, 9.17) is 0 Å². The Kier molecular flexibility index (Phi) is 4.63. The van der Waals surface area contributed by atoms with E-state index in [0.717, 1.165) is 23.4 Å². The molecule has 1 heterocycles. The van der Waals surface area contributed by atoms with Crippen LogP contribution in [0.2, 0.25) is 0 Å². The minimum Gasteiger partial charge on any atom is -0.300 e. The van der Waals surface area contributed by atoms with Gasteiger partial charge >= 0.3 is 0 Å². The zero-order chi connectivity index (χ0) is 13.7. The molecule has 1 aromatic heterocycles. The molecule has 0 atom stereocenters. The largest absolute Gasteiger partial charge is 0.300 e. The van der Waals surface area contributed by atoms with Crippen molar-refractivity contribution in [2.24, 2.45) is 0 Å². The molecule has 0 bridgehead atoms. The zero-order valence-electron chi connectivity index (χ0n) is 11.1. The van der Waals surface area contributed by atoms with Gasteiger partial charge in [-0.3, -0.25) is 4.79 Å². The van der Waals surface area contributed by atoms with E-state index in [0.29, 0.717) is 11.6 Å². The molecule has 0 spiro atoms. The molecule has 5 heteroatoms. The fraction of sp³-hybridized carbons (Fsp3) is 0.357. The van der Waals surface area contributed by atoms with E-state index in [1.807, 2.05) is 19.1 Å². The van der Waals surface area contributed by atoms with Gasteiger partial charge < -0.3 is 5.32 Å². The molecule has 0 aliphatic carbocycles. The van der Waals surface area contributed by atoms with Gasteiger partial charge in [0, 0.05) is 0 Å². The van der Waals surface area contributed by atoms with Crippen LogP contribution in [0.15, 0.2) is 24.3 Å². The summed E-state index contributed by atoms with van der Waals surface area (Å²) in [5.74, 6) is -0.0561. The van der Waals surface area contributed by atoms with E-state index in [1.165, 1.54) is 16.9 Å². The monoisotopic (exact) mass is 275 g/mol. The fourth-order valence-corrected chi connectivity index (χ4v) is 2.42. The van der Waals surface area contributed by atoms with Crippen LogP contribution in [0.3, 0.4) is 0 Å². The normalized spacial score (nSPS) is 10.4. The molecule has 4 nitrogen and oxygen atoms in total. The number of rotatable bonds is 5. The SMILES string of the molecule is CCCc1ccc(CC(=O)Nc2nnc(C)s2)cc1. The number of nitrogens with zero attached hydrogens (tertiary/aromatic N) is 2. The summed E-state index contributed by atoms with van der Waals surface area (Å²) >= 11 is 1.38. The number of benzene rings is 1. The predicted molar refractivity (Wildman–Crippen MR) is 77.4 cm³/mol. The Balaban J connectivity index is 1.91. The van der Waals surface area contributed by atoms with Crippen LogP contribution in [0.25, 0.3) is 0 Å². The quantitative estimate of drug-likeness (QED) is 0.912. The van der Waals surface area contributed by atoms with Gasteiger partial charge in [-0.25, -0.2) is 0 Å². The average molecular weight is 275 g/mol. The summed E-state index contributed by atoms with van der Waals surface area (Å²) in [6.07, 6.45) is 2.58. The molecule has 2 aromatic rings. The highest BCUT2D eigenvalue weighted by Crippen LogP contribution is 2.14. The van der Waals surface area contributed by atoms with Gasteiger partial charge in [-0.05, 0) is 24.5 Å². The summed E-state index contributed by atoms with van der Waals surface area (Å²) in [7, 11) is 0. The summed E-state index contributed by atoms with van der Waals surface area (Å²) in [5.41, 5.74) is 2.32. The van der Waals surface area contributed by atoms with E-state index in [9.17, 15) is 4.79 Å². The molecule has 2 rings (SSSR count). The maximum absolute atomic E-state index is 11.8. The summed E-state index contributed by atoms with van der Waals surface area (Å²) in [6.45, 7) is 4.02. The van der Waals surface area contributed by atoms with Crippen molar-refractivity contribution >= 4 is 22.4 Å². The number of carbonyl (C=O) groups is 1. The Hall–Kier alpha value is -1.75. The van der Waals surface area contributed by atoms with Crippen LogP contribution in [0.4, 0.5) is 5.13 Å². The van der Waals surface area contributed by atoms with Crippen LogP contribution in [-0.4, -0.2) is 16.1 Å². The fourth-order valence-electron chi connectivity index (χ4n) is 1.81. The molecular weight excluding hydrogens is 258 g/mol. The smallest absolute Gasteiger partial charge is 0.230 e. The minimum atomic E-state index is -0.0561. The Morgan fingerprint density at radius 3 is 2.47 bits per heavy atom. The van der Waals surface area contributed by atoms with Crippen LogP contribution in [0.5, 0.6) is 0 Å². The van der Waals surface area contributed by atoms with Crippen molar-refractivity contribution in [1.82, 2.24) is 10.2 Å².